The summed E-state index contributed by atoms with van der Waals surface area (Å²) >= 11 is 0. The van der Waals surface area contributed by atoms with Crippen molar-refractivity contribution < 1.29 is 33.7 Å². The van der Waals surface area contributed by atoms with Gasteiger partial charge < -0.3 is 29.1 Å². The number of carbonyl (C=O) groups excluding carboxylic acids is 2. The maximum atomic E-state index is 13.5. The van der Waals surface area contributed by atoms with Crippen molar-refractivity contribution >= 4 is 18.3 Å². The molecule has 9 nitrogen and oxygen atoms in total. The summed E-state index contributed by atoms with van der Waals surface area (Å²) in [6.07, 6.45) is 4.16. The van der Waals surface area contributed by atoms with Crippen LogP contribution in [0.15, 0.2) is 24.3 Å². The molecule has 32 heavy (non-hydrogen) atoms. The molecule has 1 saturated carbocycles. The van der Waals surface area contributed by atoms with Crippen molar-refractivity contribution in [2.24, 2.45) is 0 Å². The summed E-state index contributed by atoms with van der Waals surface area (Å²) in [5, 5.41) is 6.89. The minimum absolute atomic E-state index is 0.00436. The fourth-order valence-electron chi connectivity index (χ4n) is 4.85. The summed E-state index contributed by atoms with van der Waals surface area (Å²) in [5.74, 6) is 0.704. The number of carbonyl (C=O) groups is 3. The van der Waals surface area contributed by atoms with Crippen LogP contribution in [0.25, 0.3) is 0 Å². The number of rotatable bonds is 4. The number of amides is 2. The summed E-state index contributed by atoms with van der Waals surface area (Å²) in [7, 11) is 1.63. The van der Waals surface area contributed by atoms with Crippen molar-refractivity contribution in [2.45, 2.75) is 55.9 Å². The van der Waals surface area contributed by atoms with Gasteiger partial charge in [0, 0.05) is 19.1 Å². The zero-order valence-corrected chi connectivity index (χ0v) is 18.3. The maximum Gasteiger partial charge on any atom is 0.290 e. The number of likely N-dealkylation sites (tertiary alicyclic amines) is 1. The lowest BCUT2D eigenvalue weighted by Crippen LogP contribution is -2.59. The molecular formula is C23H30N2O7. The number of methoxy groups -OCH3 is 1. The number of hydrogen-bond acceptors (Lipinski definition) is 6. The van der Waals surface area contributed by atoms with E-state index in [0.29, 0.717) is 13.1 Å². The van der Waals surface area contributed by atoms with Gasteiger partial charge in [0.2, 0.25) is 5.91 Å². The molecule has 0 unspecified atom stereocenters. The molecule has 4 aliphatic rings. The van der Waals surface area contributed by atoms with Crippen molar-refractivity contribution in [3.05, 3.63) is 29.8 Å². The number of morpholine rings is 1. The molecule has 1 N–H and O–H groups in total. The highest BCUT2D eigenvalue weighted by Gasteiger charge is 2.50. The highest BCUT2D eigenvalue weighted by atomic mass is 16.5. The second kappa shape index (κ2) is 9.46. The number of benzene rings is 1. The third-order valence-corrected chi connectivity index (χ3v) is 6.85. The third-order valence-electron chi connectivity index (χ3n) is 6.85. The van der Waals surface area contributed by atoms with Crippen LogP contribution in [-0.4, -0.2) is 84.4 Å². The van der Waals surface area contributed by atoms with Crippen LogP contribution in [0.1, 0.15) is 43.7 Å². The largest absolute Gasteiger partial charge is 0.497 e. The summed E-state index contributed by atoms with van der Waals surface area (Å²) < 4.78 is 16.9. The summed E-state index contributed by atoms with van der Waals surface area (Å²) in [5.41, 5.74) is 0.912. The van der Waals surface area contributed by atoms with Gasteiger partial charge in [-0.2, -0.15) is 0 Å². The summed E-state index contributed by atoms with van der Waals surface area (Å²) in [4.78, 5) is 38.3. The van der Waals surface area contributed by atoms with Crippen molar-refractivity contribution in [3.63, 3.8) is 0 Å². The van der Waals surface area contributed by atoms with E-state index in [1.165, 1.54) is 0 Å². The highest BCUT2D eigenvalue weighted by Crippen LogP contribution is 2.41. The standard InChI is InChI=1S/C22H28N2O5.CH2O2/c1-27-17-6-2-15(3-7-17)19-20(28-14-18(25)24(19)16-4-5-16)21(26)23-11-8-22(9-12-23)10-13-29-22;2-1-3/h2-3,6-7,16,19-20H,4-5,8-14H2,1H3;1H,(H,2,3)/t19-,20+;/m1./s1. The van der Waals surface area contributed by atoms with Crippen LogP contribution in [0.4, 0.5) is 0 Å². The van der Waals surface area contributed by atoms with Crippen molar-refractivity contribution in [1.29, 1.82) is 0 Å². The SMILES string of the molecule is COc1ccc([C@@H]2[C@@H](C(=O)N3CCC4(CCO4)CC3)OCC(=O)N2C2CC2)cc1.O=CO. The Hall–Kier alpha value is -2.65. The molecule has 4 fully saturated rings. The van der Waals surface area contributed by atoms with Gasteiger partial charge in [0.05, 0.1) is 25.4 Å². The molecule has 0 radical (unpaired) electrons. The van der Waals surface area contributed by atoms with Gasteiger partial charge in [-0.1, -0.05) is 12.1 Å². The van der Waals surface area contributed by atoms with Gasteiger partial charge in [-0.15, -0.1) is 0 Å². The Labute approximate surface area is 187 Å². The van der Waals surface area contributed by atoms with Crippen LogP contribution < -0.4 is 4.74 Å². The van der Waals surface area contributed by atoms with Gasteiger partial charge in [0.15, 0.2) is 6.10 Å². The fourth-order valence-corrected chi connectivity index (χ4v) is 4.85. The third kappa shape index (κ3) is 4.45. The molecule has 0 aromatic heterocycles. The minimum atomic E-state index is -0.668. The van der Waals surface area contributed by atoms with Crippen molar-refractivity contribution in [3.8, 4) is 5.75 Å². The molecule has 1 aromatic rings. The zero-order valence-electron chi connectivity index (χ0n) is 18.3. The highest BCUT2D eigenvalue weighted by molar-refractivity contribution is 5.87. The van der Waals surface area contributed by atoms with Crippen LogP contribution in [0.2, 0.25) is 0 Å². The average molecular weight is 447 g/mol. The Bertz CT molecular complexity index is 825. The molecule has 5 rings (SSSR count). The molecule has 2 atom stereocenters. The summed E-state index contributed by atoms with van der Waals surface area (Å²) in [6, 6.07) is 7.45. The molecule has 1 aliphatic carbocycles. The average Bonchev–Trinajstić information content (AvgIpc) is 3.63. The first-order valence-electron chi connectivity index (χ1n) is 11.1. The molecule has 3 heterocycles. The molecule has 174 valence electrons. The van der Waals surface area contributed by atoms with E-state index in [1.54, 1.807) is 7.11 Å². The molecule has 9 heteroatoms. The van der Waals surface area contributed by atoms with Gasteiger partial charge in [0.1, 0.15) is 12.4 Å². The predicted molar refractivity (Wildman–Crippen MR) is 113 cm³/mol. The first kappa shape index (κ1) is 22.5. The van der Waals surface area contributed by atoms with Gasteiger partial charge in [-0.25, -0.2) is 0 Å². The number of ether oxygens (including phenoxy) is 3. The van der Waals surface area contributed by atoms with E-state index in [-0.39, 0.29) is 36.5 Å². The van der Waals surface area contributed by atoms with Gasteiger partial charge in [-0.05, 0) is 49.8 Å². The van der Waals surface area contributed by atoms with E-state index in [2.05, 4.69) is 0 Å². The van der Waals surface area contributed by atoms with Crippen molar-refractivity contribution in [1.82, 2.24) is 9.80 Å². The quantitative estimate of drug-likeness (QED) is 0.701. The smallest absolute Gasteiger partial charge is 0.290 e. The first-order chi connectivity index (χ1) is 15.5. The lowest BCUT2D eigenvalue weighted by molar-refractivity contribution is -0.185. The van der Waals surface area contributed by atoms with E-state index in [1.807, 2.05) is 34.1 Å². The Morgan fingerprint density at radius 2 is 1.81 bits per heavy atom. The first-order valence-corrected chi connectivity index (χ1v) is 11.1. The van der Waals surface area contributed by atoms with Gasteiger partial charge in [-0.3, -0.25) is 14.4 Å². The lowest BCUT2D eigenvalue weighted by Gasteiger charge is -2.49. The van der Waals surface area contributed by atoms with E-state index in [9.17, 15) is 9.59 Å². The number of nitrogens with zero attached hydrogens (tertiary/aromatic N) is 2. The number of carboxylic acid groups (broad SMARTS) is 1. The zero-order chi connectivity index (χ0) is 22.7. The second-order valence-corrected chi connectivity index (χ2v) is 8.69. The minimum Gasteiger partial charge on any atom is -0.497 e. The summed E-state index contributed by atoms with van der Waals surface area (Å²) in [6.45, 7) is 1.93. The molecule has 1 aromatic carbocycles. The predicted octanol–water partition coefficient (Wildman–Crippen LogP) is 1.61. The normalized spacial score (nSPS) is 26.6. The van der Waals surface area contributed by atoms with Crippen LogP contribution in [0.3, 0.4) is 0 Å². The van der Waals surface area contributed by atoms with Crippen LogP contribution in [0.5, 0.6) is 5.75 Å². The Morgan fingerprint density at radius 1 is 1.19 bits per heavy atom. The number of piperidine rings is 1. The van der Waals surface area contributed by atoms with E-state index < -0.39 is 12.1 Å². The van der Waals surface area contributed by atoms with Gasteiger partial charge >= 0.3 is 0 Å². The molecular weight excluding hydrogens is 416 g/mol. The monoisotopic (exact) mass is 446 g/mol. The Kier molecular flexibility index (Phi) is 6.66. The van der Waals surface area contributed by atoms with Crippen LogP contribution in [0, 0.1) is 0 Å². The fraction of sp³-hybridized carbons (Fsp3) is 0.609. The second-order valence-electron chi connectivity index (χ2n) is 8.69. The van der Waals surface area contributed by atoms with E-state index >= 15 is 0 Å². The van der Waals surface area contributed by atoms with Crippen molar-refractivity contribution in [2.75, 3.05) is 33.4 Å². The molecule has 3 saturated heterocycles. The van der Waals surface area contributed by atoms with Crippen LogP contribution >= 0.6 is 0 Å². The molecule has 2 amide bonds. The number of hydrogen-bond donors (Lipinski definition) is 1. The molecule has 0 bridgehead atoms. The van der Waals surface area contributed by atoms with E-state index in [0.717, 1.165) is 50.0 Å². The maximum absolute atomic E-state index is 13.5. The Morgan fingerprint density at radius 3 is 2.31 bits per heavy atom. The Balaban J connectivity index is 0.000000775. The molecule has 1 spiro atoms. The topological polar surface area (TPSA) is 106 Å². The molecule has 3 aliphatic heterocycles. The van der Waals surface area contributed by atoms with Crippen LogP contribution in [-0.2, 0) is 23.9 Å². The van der Waals surface area contributed by atoms with E-state index in [4.69, 9.17) is 24.1 Å². The van der Waals surface area contributed by atoms with Gasteiger partial charge in [0.25, 0.3) is 12.4 Å². The lowest BCUT2D eigenvalue weighted by atomic mass is 9.84.